The van der Waals surface area contributed by atoms with Gasteiger partial charge in [0, 0.05) is 31.5 Å². The predicted octanol–water partition coefficient (Wildman–Crippen LogP) is 2.12. The number of carbonyl (C=O) groups excluding carboxylic acids is 1. The number of benzene rings is 1. The number of aromatic nitrogens is 1. The largest absolute Gasteiger partial charge is 0.383 e. The zero-order valence-electron chi connectivity index (χ0n) is 14.8. The molecule has 7 nitrogen and oxygen atoms in total. The second-order valence-electron chi connectivity index (χ2n) is 6.94. The molecule has 0 atom stereocenters. The summed E-state index contributed by atoms with van der Waals surface area (Å²) < 4.78 is 7.17. The number of morpholine rings is 1. The Morgan fingerprint density at radius 1 is 1.15 bits per heavy atom. The summed E-state index contributed by atoms with van der Waals surface area (Å²) in [4.78, 5) is 14.0. The Balaban J connectivity index is 1.44. The fourth-order valence-corrected chi connectivity index (χ4v) is 3.15. The van der Waals surface area contributed by atoms with E-state index >= 15 is 0 Å². The van der Waals surface area contributed by atoms with Crippen LogP contribution in [0.4, 0.5) is 17.1 Å². The Labute approximate surface area is 153 Å². The molecule has 2 heterocycles. The molecule has 1 saturated carbocycles. The highest BCUT2D eigenvalue weighted by atomic mass is 16.5. The lowest BCUT2D eigenvalue weighted by molar-refractivity contribution is 0.100. The second kappa shape index (κ2) is 7.29. The van der Waals surface area contributed by atoms with Gasteiger partial charge in [-0.2, -0.15) is 0 Å². The van der Waals surface area contributed by atoms with E-state index in [1.807, 2.05) is 18.3 Å². The van der Waals surface area contributed by atoms with Crippen LogP contribution >= 0.6 is 0 Å². The van der Waals surface area contributed by atoms with E-state index in [2.05, 4.69) is 27.8 Å². The van der Waals surface area contributed by atoms with E-state index in [1.54, 1.807) is 10.9 Å². The molecule has 2 fully saturated rings. The standard InChI is InChI=1S/C19H25N5O2/c20-19(25)17-12-24(13-18(17)21-11-14-1-2-14)22-15-3-5-16(6-4-15)23-7-9-26-10-8-23/h3-6,12-14,21-22H,1-2,7-11H2,(H2,20,25). The summed E-state index contributed by atoms with van der Waals surface area (Å²) >= 11 is 0. The van der Waals surface area contributed by atoms with Gasteiger partial charge in [-0.15, -0.1) is 0 Å². The van der Waals surface area contributed by atoms with Crippen LogP contribution in [-0.2, 0) is 4.74 Å². The molecule has 2 aliphatic rings. The topological polar surface area (TPSA) is 84.6 Å². The Morgan fingerprint density at radius 3 is 2.54 bits per heavy atom. The molecule has 0 bridgehead atoms. The van der Waals surface area contributed by atoms with Gasteiger partial charge in [0.15, 0.2) is 0 Å². The maximum Gasteiger partial charge on any atom is 0.252 e. The van der Waals surface area contributed by atoms with Gasteiger partial charge < -0.3 is 20.7 Å². The molecule has 0 radical (unpaired) electrons. The maximum absolute atomic E-state index is 11.7. The van der Waals surface area contributed by atoms with Crippen molar-refractivity contribution in [3.63, 3.8) is 0 Å². The molecule has 1 saturated heterocycles. The molecule has 1 aromatic heterocycles. The average molecular weight is 355 g/mol. The molecule has 1 aliphatic heterocycles. The normalized spacial score (nSPS) is 17.2. The molecule has 4 rings (SSSR count). The summed E-state index contributed by atoms with van der Waals surface area (Å²) in [5, 5.41) is 3.33. The lowest BCUT2D eigenvalue weighted by Gasteiger charge is -2.28. The maximum atomic E-state index is 11.7. The van der Waals surface area contributed by atoms with E-state index in [0.717, 1.165) is 50.1 Å². The van der Waals surface area contributed by atoms with E-state index in [-0.39, 0.29) is 0 Å². The quantitative estimate of drug-likeness (QED) is 0.708. The molecule has 26 heavy (non-hydrogen) atoms. The predicted molar refractivity (Wildman–Crippen MR) is 103 cm³/mol. The van der Waals surface area contributed by atoms with Crippen LogP contribution in [-0.4, -0.2) is 43.4 Å². The van der Waals surface area contributed by atoms with Gasteiger partial charge in [-0.3, -0.25) is 14.9 Å². The van der Waals surface area contributed by atoms with Crippen LogP contribution in [0, 0.1) is 5.92 Å². The number of amides is 1. The number of hydrogen-bond acceptors (Lipinski definition) is 5. The minimum absolute atomic E-state index is 0.425. The molecule has 4 N–H and O–H groups in total. The number of primary amides is 1. The van der Waals surface area contributed by atoms with Crippen LogP contribution < -0.4 is 21.4 Å². The van der Waals surface area contributed by atoms with E-state index in [4.69, 9.17) is 10.5 Å². The van der Waals surface area contributed by atoms with Gasteiger partial charge in [0.05, 0.1) is 36.3 Å². The number of carbonyl (C=O) groups is 1. The molecule has 1 aromatic carbocycles. The summed E-state index contributed by atoms with van der Waals surface area (Å²) in [6.07, 6.45) is 6.12. The molecular formula is C19H25N5O2. The zero-order chi connectivity index (χ0) is 17.9. The summed E-state index contributed by atoms with van der Waals surface area (Å²) in [5.41, 5.74) is 12.2. The van der Waals surface area contributed by atoms with Crippen molar-refractivity contribution in [3.05, 3.63) is 42.2 Å². The highest BCUT2D eigenvalue weighted by Gasteiger charge is 2.22. The van der Waals surface area contributed by atoms with E-state index < -0.39 is 5.91 Å². The summed E-state index contributed by atoms with van der Waals surface area (Å²) in [6.45, 7) is 4.27. The van der Waals surface area contributed by atoms with Gasteiger partial charge in [-0.25, -0.2) is 0 Å². The minimum Gasteiger partial charge on any atom is -0.383 e. The van der Waals surface area contributed by atoms with Crippen LogP contribution in [0.3, 0.4) is 0 Å². The monoisotopic (exact) mass is 355 g/mol. The number of nitrogens with two attached hydrogens (primary N) is 1. The third kappa shape index (κ3) is 3.94. The molecule has 2 aromatic rings. The van der Waals surface area contributed by atoms with E-state index in [9.17, 15) is 4.79 Å². The summed E-state index contributed by atoms with van der Waals surface area (Å²) in [6, 6.07) is 8.26. The molecule has 7 heteroatoms. The molecule has 0 unspecified atom stereocenters. The van der Waals surface area contributed by atoms with Crippen molar-refractivity contribution in [2.24, 2.45) is 11.7 Å². The smallest absolute Gasteiger partial charge is 0.252 e. The van der Waals surface area contributed by atoms with Crippen LogP contribution in [0.1, 0.15) is 23.2 Å². The van der Waals surface area contributed by atoms with Crippen molar-refractivity contribution in [1.29, 1.82) is 0 Å². The van der Waals surface area contributed by atoms with Gasteiger partial charge in [-0.05, 0) is 43.0 Å². The first kappa shape index (κ1) is 16.8. The third-order valence-electron chi connectivity index (χ3n) is 4.87. The average Bonchev–Trinajstić information content (AvgIpc) is 3.41. The number of anilines is 3. The van der Waals surface area contributed by atoms with Gasteiger partial charge in [-0.1, -0.05) is 0 Å². The molecular weight excluding hydrogens is 330 g/mol. The van der Waals surface area contributed by atoms with Crippen molar-refractivity contribution < 1.29 is 9.53 Å². The Morgan fingerprint density at radius 2 is 1.88 bits per heavy atom. The lowest BCUT2D eigenvalue weighted by Crippen LogP contribution is -2.36. The number of nitrogens with one attached hydrogen (secondary N) is 2. The van der Waals surface area contributed by atoms with Gasteiger partial charge >= 0.3 is 0 Å². The minimum atomic E-state index is -0.425. The van der Waals surface area contributed by atoms with Crippen LogP contribution in [0.5, 0.6) is 0 Å². The van der Waals surface area contributed by atoms with Gasteiger partial charge in [0.2, 0.25) is 0 Å². The van der Waals surface area contributed by atoms with Crippen molar-refractivity contribution in [2.75, 3.05) is 48.5 Å². The Kier molecular flexibility index (Phi) is 4.71. The van der Waals surface area contributed by atoms with Crippen molar-refractivity contribution >= 4 is 23.0 Å². The van der Waals surface area contributed by atoms with E-state index in [1.165, 1.54) is 18.5 Å². The highest BCUT2D eigenvalue weighted by Crippen LogP contribution is 2.29. The third-order valence-corrected chi connectivity index (χ3v) is 4.87. The van der Waals surface area contributed by atoms with Gasteiger partial charge in [0.1, 0.15) is 0 Å². The number of ether oxygens (including phenoxy) is 1. The number of nitrogens with zero attached hydrogens (tertiary/aromatic N) is 2. The molecule has 0 spiro atoms. The number of rotatable bonds is 7. The molecule has 1 aliphatic carbocycles. The fraction of sp³-hybridized carbons (Fsp3) is 0.421. The molecule has 138 valence electrons. The van der Waals surface area contributed by atoms with Crippen molar-refractivity contribution in [1.82, 2.24) is 4.68 Å². The Hall–Kier alpha value is -2.67. The SMILES string of the molecule is NC(=O)c1cn(Nc2ccc(N3CCOCC3)cc2)cc1NCC1CC1. The summed E-state index contributed by atoms with van der Waals surface area (Å²) in [5.74, 6) is 0.297. The van der Waals surface area contributed by atoms with Crippen LogP contribution in [0.2, 0.25) is 0 Å². The van der Waals surface area contributed by atoms with Crippen LogP contribution in [0.15, 0.2) is 36.7 Å². The zero-order valence-corrected chi connectivity index (χ0v) is 14.8. The Bertz CT molecular complexity index is 761. The van der Waals surface area contributed by atoms with Crippen LogP contribution in [0.25, 0.3) is 0 Å². The summed E-state index contributed by atoms with van der Waals surface area (Å²) in [7, 11) is 0. The highest BCUT2D eigenvalue weighted by molar-refractivity contribution is 5.98. The lowest BCUT2D eigenvalue weighted by atomic mass is 10.2. The molecule has 1 amide bonds. The van der Waals surface area contributed by atoms with Crippen molar-refractivity contribution in [2.45, 2.75) is 12.8 Å². The second-order valence-corrected chi connectivity index (χ2v) is 6.94. The first-order chi connectivity index (χ1) is 12.7. The number of hydrogen-bond donors (Lipinski definition) is 3. The first-order valence-electron chi connectivity index (χ1n) is 9.14. The van der Waals surface area contributed by atoms with Gasteiger partial charge in [0.25, 0.3) is 5.91 Å². The fourth-order valence-electron chi connectivity index (χ4n) is 3.15. The van der Waals surface area contributed by atoms with Crippen molar-refractivity contribution in [3.8, 4) is 0 Å². The first-order valence-corrected chi connectivity index (χ1v) is 9.14. The van der Waals surface area contributed by atoms with E-state index in [0.29, 0.717) is 5.56 Å².